The molecule has 0 spiro atoms. The second-order valence-corrected chi connectivity index (χ2v) is 4.62. The second kappa shape index (κ2) is 4.85. The molecular weight excluding hydrogens is 232 g/mol. The fourth-order valence-corrected chi connectivity index (χ4v) is 2.34. The molecule has 1 aliphatic heterocycles. The first kappa shape index (κ1) is 11.3. The van der Waals surface area contributed by atoms with Crippen molar-refractivity contribution in [1.29, 1.82) is 0 Å². The quantitative estimate of drug-likeness (QED) is 0.863. The molecule has 7 nitrogen and oxygen atoms in total. The molecule has 1 N–H and O–H groups in total. The number of ether oxygens (including phenoxy) is 1. The standard InChI is InChI=1S/C11H16N6O/c1-8(9-2-4-18-5-3-9)13-10-6-12-7-11-14-15-16-17(10)11/h6-9,13H,2-5H2,1H3. The summed E-state index contributed by atoms with van der Waals surface area (Å²) in [6.45, 7) is 3.88. The van der Waals surface area contributed by atoms with Crippen LogP contribution in [0, 0.1) is 5.92 Å². The van der Waals surface area contributed by atoms with Crippen LogP contribution in [-0.2, 0) is 4.74 Å². The monoisotopic (exact) mass is 248 g/mol. The van der Waals surface area contributed by atoms with Gasteiger partial charge >= 0.3 is 0 Å². The number of nitrogens with zero attached hydrogens (tertiary/aromatic N) is 5. The first-order valence-electron chi connectivity index (χ1n) is 6.21. The van der Waals surface area contributed by atoms with Crippen molar-refractivity contribution in [2.24, 2.45) is 5.92 Å². The molecule has 1 atom stereocenters. The molecule has 0 saturated carbocycles. The third-order valence-electron chi connectivity index (χ3n) is 3.46. The summed E-state index contributed by atoms with van der Waals surface area (Å²) in [5, 5.41) is 14.9. The van der Waals surface area contributed by atoms with E-state index >= 15 is 0 Å². The van der Waals surface area contributed by atoms with Gasteiger partial charge < -0.3 is 10.1 Å². The van der Waals surface area contributed by atoms with Crippen molar-refractivity contribution in [3.05, 3.63) is 12.4 Å². The van der Waals surface area contributed by atoms with Crippen molar-refractivity contribution < 1.29 is 4.74 Å². The van der Waals surface area contributed by atoms with Crippen LogP contribution in [0.25, 0.3) is 5.65 Å². The van der Waals surface area contributed by atoms with Crippen molar-refractivity contribution in [2.45, 2.75) is 25.8 Å². The smallest absolute Gasteiger partial charge is 0.199 e. The Morgan fingerprint density at radius 1 is 1.39 bits per heavy atom. The molecule has 1 unspecified atom stereocenters. The predicted molar refractivity (Wildman–Crippen MR) is 65.2 cm³/mol. The number of rotatable bonds is 3. The van der Waals surface area contributed by atoms with E-state index < -0.39 is 0 Å². The van der Waals surface area contributed by atoms with Crippen LogP contribution in [0.3, 0.4) is 0 Å². The summed E-state index contributed by atoms with van der Waals surface area (Å²) >= 11 is 0. The average molecular weight is 248 g/mol. The zero-order valence-electron chi connectivity index (χ0n) is 10.3. The van der Waals surface area contributed by atoms with E-state index in [2.05, 4.69) is 32.7 Å². The van der Waals surface area contributed by atoms with Gasteiger partial charge in [-0.2, -0.15) is 4.52 Å². The fourth-order valence-electron chi connectivity index (χ4n) is 2.34. The third-order valence-corrected chi connectivity index (χ3v) is 3.46. The maximum Gasteiger partial charge on any atom is 0.199 e. The van der Waals surface area contributed by atoms with Crippen molar-refractivity contribution in [1.82, 2.24) is 25.0 Å². The molecule has 1 aliphatic rings. The Labute approximate surface area is 105 Å². The van der Waals surface area contributed by atoms with Crippen molar-refractivity contribution >= 4 is 11.5 Å². The molecule has 0 aromatic carbocycles. The van der Waals surface area contributed by atoms with Crippen molar-refractivity contribution in [2.75, 3.05) is 18.5 Å². The number of tetrazole rings is 1. The van der Waals surface area contributed by atoms with Crippen LogP contribution < -0.4 is 5.32 Å². The highest BCUT2D eigenvalue weighted by molar-refractivity contribution is 5.44. The van der Waals surface area contributed by atoms with E-state index in [1.165, 1.54) is 0 Å². The van der Waals surface area contributed by atoms with Crippen LogP contribution in [-0.4, -0.2) is 44.3 Å². The molecule has 0 radical (unpaired) electrons. The van der Waals surface area contributed by atoms with E-state index in [1.54, 1.807) is 16.9 Å². The molecular formula is C11H16N6O. The highest BCUT2D eigenvalue weighted by Gasteiger charge is 2.21. The molecule has 2 aromatic heterocycles. The van der Waals surface area contributed by atoms with Gasteiger partial charge in [0, 0.05) is 19.3 Å². The molecule has 2 aromatic rings. The molecule has 3 heterocycles. The predicted octanol–water partition coefficient (Wildman–Crippen LogP) is 0.746. The third kappa shape index (κ3) is 2.13. The van der Waals surface area contributed by atoms with E-state index in [0.717, 1.165) is 31.9 Å². The van der Waals surface area contributed by atoms with Crippen LogP contribution in [0.15, 0.2) is 12.4 Å². The summed E-state index contributed by atoms with van der Waals surface area (Å²) in [4.78, 5) is 4.13. The zero-order chi connectivity index (χ0) is 12.4. The van der Waals surface area contributed by atoms with E-state index in [4.69, 9.17) is 4.74 Å². The van der Waals surface area contributed by atoms with Gasteiger partial charge in [0.05, 0.1) is 12.4 Å². The number of hydrogen-bond acceptors (Lipinski definition) is 6. The summed E-state index contributed by atoms with van der Waals surface area (Å²) in [6.07, 6.45) is 5.57. The summed E-state index contributed by atoms with van der Waals surface area (Å²) in [5.41, 5.74) is 0.652. The molecule has 0 amide bonds. The van der Waals surface area contributed by atoms with E-state index in [-0.39, 0.29) is 0 Å². The molecule has 0 bridgehead atoms. The Morgan fingerprint density at radius 2 is 2.22 bits per heavy atom. The van der Waals surface area contributed by atoms with E-state index in [9.17, 15) is 0 Å². The SMILES string of the molecule is CC(Nc1cncc2nnnn12)C1CCOCC1. The van der Waals surface area contributed by atoms with Crippen LogP contribution in [0.5, 0.6) is 0 Å². The van der Waals surface area contributed by atoms with E-state index in [0.29, 0.717) is 17.6 Å². The Hall–Kier alpha value is -1.76. The number of nitrogens with one attached hydrogen (secondary N) is 1. The minimum absolute atomic E-state index is 0.352. The van der Waals surface area contributed by atoms with Crippen LogP contribution in [0.4, 0.5) is 5.82 Å². The lowest BCUT2D eigenvalue weighted by Crippen LogP contribution is -2.31. The lowest BCUT2D eigenvalue weighted by Gasteiger charge is -2.28. The van der Waals surface area contributed by atoms with Crippen LogP contribution in [0.1, 0.15) is 19.8 Å². The molecule has 1 saturated heterocycles. The summed E-state index contributed by atoms with van der Waals surface area (Å²) in [5.74, 6) is 1.45. The topological polar surface area (TPSA) is 77.2 Å². The zero-order valence-corrected chi connectivity index (χ0v) is 10.3. The van der Waals surface area contributed by atoms with Gasteiger partial charge in [-0.3, -0.25) is 4.98 Å². The van der Waals surface area contributed by atoms with Crippen molar-refractivity contribution in [3.8, 4) is 0 Å². The van der Waals surface area contributed by atoms with Crippen molar-refractivity contribution in [3.63, 3.8) is 0 Å². The van der Waals surface area contributed by atoms with Gasteiger partial charge in [0.1, 0.15) is 0 Å². The molecule has 0 aliphatic carbocycles. The van der Waals surface area contributed by atoms with Gasteiger partial charge in [-0.25, -0.2) is 0 Å². The first-order valence-corrected chi connectivity index (χ1v) is 6.21. The first-order chi connectivity index (χ1) is 8.84. The van der Waals surface area contributed by atoms with Crippen LogP contribution in [0.2, 0.25) is 0 Å². The number of fused-ring (bicyclic) bond motifs is 1. The number of anilines is 1. The molecule has 3 rings (SSSR count). The number of hydrogen-bond donors (Lipinski definition) is 1. The Kier molecular flexibility index (Phi) is 3.06. The van der Waals surface area contributed by atoms with Gasteiger partial charge in [0.15, 0.2) is 11.5 Å². The maximum absolute atomic E-state index is 5.38. The van der Waals surface area contributed by atoms with Gasteiger partial charge in [-0.05, 0) is 36.1 Å². The Morgan fingerprint density at radius 3 is 3.06 bits per heavy atom. The van der Waals surface area contributed by atoms with E-state index in [1.807, 2.05) is 0 Å². The minimum atomic E-state index is 0.352. The Bertz CT molecular complexity index is 521. The molecule has 18 heavy (non-hydrogen) atoms. The summed E-state index contributed by atoms with van der Waals surface area (Å²) in [7, 11) is 0. The van der Waals surface area contributed by atoms with Crippen LogP contribution >= 0.6 is 0 Å². The normalized spacial score (nSPS) is 18.9. The maximum atomic E-state index is 5.38. The van der Waals surface area contributed by atoms with Gasteiger partial charge in [-0.15, -0.1) is 5.10 Å². The summed E-state index contributed by atoms with van der Waals surface area (Å²) < 4.78 is 7.05. The highest BCUT2D eigenvalue weighted by Crippen LogP contribution is 2.21. The second-order valence-electron chi connectivity index (χ2n) is 4.62. The van der Waals surface area contributed by atoms with Gasteiger partial charge in [0.25, 0.3) is 0 Å². The largest absolute Gasteiger partial charge is 0.381 e. The number of aromatic nitrogens is 5. The lowest BCUT2D eigenvalue weighted by molar-refractivity contribution is 0.0622. The highest BCUT2D eigenvalue weighted by atomic mass is 16.5. The lowest BCUT2D eigenvalue weighted by atomic mass is 9.93. The summed E-state index contributed by atoms with van der Waals surface area (Å²) in [6, 6.07) is 0.352. The minimum Gasteiger partial charge on any atom is -0.381 e. The molecule has 1 fully saturated rings. The molecule has 96 valence electrons. The fraction of sp³-hybridized carbons (Fsp3) is 0.636. The average Bonchev–Trinajstić information content (AvgIpc) is 2.89. The van der Waals surface area contributed by atoms with Gasteiger partial charge in [-0.1, -0.05) is 0 Å². The molecule has 7 heteroatoms. The Balaban J connectivity index is 1.77. The van der Waals surface area contributed by atoms with Gasteiger partial charge in [0.2, 0.25) is 0 Å².